The molecule has 2 fully saturated rings. The second-order valence-corrected chi connectivity index (χ2v) is 12.6. The van der Waals surface area contributed by atoms with Gasteiger partial charge in [0.05, 0.1) is 43.3 Å². The van der Waals surface area contributed by atoms with Gasteiger partial charge in [-0.05, 0) is 77.1 Å². The summed E-state index contributed by atoms with van der Waals surface area (Å²) in [7, 11) is 0. The van der Waals surface area contributed by atoms with E-state index in [0.29, 0.717) is 38.3 Å². The summed E-state index contributed by atoms with van der Waals surface area (Å²) in [5.41, 5.74) is 0.181. The van der Waals surface area contributed by atoms with E-state index < -0.39 is 35.1 Å². The number of anilines is 1. The molecule has 2 aliphatic rings. The van der Waals surface area contributed by atoms with Crippen molar-refractivity contribution in [1.82, 2.24) is 9.80 Å². The Morgan fingerprint density at radius 3 is 2.57 bits per heavy atom. The molecule has 0 saturated carbocycles. The minimum Gasteiger partial charge on any atom is -0.481 e. The molecule has 2 amide bonds. The van der Waals surface area contributed by atoms with E-state index in [1.807, 2.05) is 25.1 Å². The van der Waals surface area contributed by atoms with Gasteiger partial charge < -0.3 is 29.5 Å². The summed E-state index contributed by atoms with van der Waals surface area (Å²) >= 11 is 0. The van der Waals surface area contributed by atoms with E-state index in [0.717, 1.165) is 50.5 Å². The highest BCUT2D eigenvalue weighted by Gasteiger charge is 2.41. The van der Waals surface area contributed by atoms with Crippen LogP contribution in [0.15, 0.2) is 36.9 Å². The van der Waals surface area contributed by atoms with Gasteiger partial charge in [-0.3, -0.25) is 24.1 Å². The maximum absolute atomic E-state index is 13.6. The summed E-state index contributed by atoms with van der Waals surface area (Å²) in [6, 6.07) is 7.00. The number of morpholine rings is 1. The molecule has 12 heteroatoms. The normalized spacial score (nSPS) is 18.7. The number of hydrogen-bond donors (Lipinski definition) is 2. The molecule has 2 aliphatic heterocycles. The highest BCUT2D eigenvalue weighted by Crippen LogP contribution is 2.32. The molecule has 1 aromatic carbocycles. The average Bonchev–Trinajstić information content (AvgIpc) is 3.05. The summed E-state index contributed by atoms with van der Waals surface area (Å²) < 4.78 is 17.3. The molecule has 2 saturated heterocycles. The van der Waals surface area contributed by atoms with Crippen molar-refractivity contribution in [3.05, 3.63) is 42.5 Å². The molecule has 254 valence electrons. The van der Waals surface area contributed by atoms with Crippen LogP contribution >= 0.6 is 0 Å². The lowest BCUT2D eigenvalue weighted by Gasteiger charge is -2.41. The number of benzene rings is 1. The topological polar surface area (TPSA) is 152 Å². The highest BCUT2D eigenvalue weighted by molar-refractivity contribution is 6.38. The number of ether oxygens (including phenoxy) is 3. The average molecular weight is 644 g/mol. The molecular weight excluding hydrogens is 594 g/mol. The van der Waals surface area contributed by atoms with Gasteiger partial charge in [0.2, 0.25) is 11.7 Å². The predicted molar refractivity (Wildman–Crippen MR) is 171 cm³/mol. The van der Waals surface area contributed by atoms with Crippen molar-refractivity contribution < 1.29 is 43.3 Å². The van der Waals surface area contributed by atoms with E-state index in [1.165, 1.54) is 0 Å². The van der Waals surface area contributed by atoms with Crippen LogP contribution in [0.5, 0.6) is 0 Å². The van der Waals surface area contributed by atoms with Crippen LogP contribution in [0.2, 0.25) is 0 Å². The van der Waals surface area contributed by atoms with Gasteiger partial charge in [0, 0.05) is 37.8 Å². The number of ketones is 1. The number of nitrogens with one attached hydrogen (secondary N) is 1. The number of rotatable bonds is 17. The van der Waals surface area contributed by atoms with Crippen LogP contribution in [0, 0.1) is 5.41 Å². The Kier molecular flexibility index (Phi) is 14.4. The molecule has 0 aromatic heterocycles. The number of Topliss-reactive ketones (excluding diaryl/α,β-unsaturated/α-hetero) is 1. The van der Waals surface area contributed by atoms with Crippen LogP contribution in [-0.2, 0) is 38.2 Å². The standard InChI is InChI=1S/C34H49N3O9/c1-5-31(41)45-23-34(3,4)32(42)33(43)37-17-7-6-12-27(37)24(2)46-28(13-9-16-36-18-20-44-21-19-36)25-10-8-11-26(22-25)35-29(38)14-15-30(39)40/h5,8,10-11,22,24,27-28H,1,6-7,9,12-21,23H2,2-4H3,(H,35,38)(H,39,40)/t24?,27?,28-/m1/s1. The lowest BCUT2D eigenvalue weighted by molar-refractivity contribution is -0.158. The Bertz CT molecular complexity index is 1230. The summed E-state index contributed by atoms with van der Waals surface area (Å²) in [6.07, 6.45) is 3.69. The van der Waals surface area contributed by atoms with Crippen LogP contribution in [0.4, 0.5) is 5.69 Å². The second-order valence-electron chi connectivity index (χ2n) is 12.6. The number of nitrogens with zero attached hydrogens (tertiary/aromatic N) is 2. The molecule has 0 bridgehead atoms. The molecule has 3 atom stereocenters. The molecule has 46 heavy (non-hydrogen) atoms. The fourth-order valence-corrected chi connectivity index (χ4v) is 5.74. The smallest absolute Gasteiger partial charge is 0.330 e. The number of hydrogen-bond acceptors (Lipinski definition) is 9. The van der Waals surface area contributed by atoms with E-state index in [-0.39, 0.29) is 37.5 Å². The summed E-state index contributed by atoms with van der Waals surface area (Å²) in [5.74, 6) is -3.33. The zero-order valence-electron chi connectivity index (χ0n) is 27.3. The van der Waals surface area contributed by atoms with Crippen LogP contribution < -0.4 is 5.32 Å². The van der Waals surface area contributed by atoms with Gasteiger partial charge in [-0.25, -0.2) is 4.79 Å². The fourth-order valence-electron chi connectivity index (χ4n) is 5.74. The van der Waals surface area contributed by atoms with Crippen LogP contribution in [0.25, 0.3) is 0 Å². The van der Waals surface area contributed by atoms with Gasteiger partial charge in [0.25, 0.3) is 5.91 Å². The first-order valence-corrected chi connectivity index (χ1v) is 16.1. The molecule has 2 N–H and O–H groups in total. The third-order valence-corrected chi connectivity index (χ3v) is 8.43. The van der Waals surface area contributed by atoms with Crippen LogP contribution in [-0.4, -0.2) is 103 Å². The van der Waals surface area contributed by atoms with Crippen molar-refractivity contribution >= 4 is 35.2 Å². The molecule has 12 nitrogen and oxygen atoms in total. The predicted octanol–water partition coefficient (Wildman–Crippen LogP) is 3.75. The number of likely N-dealkylation sites (tertiary alicyclic amines) is 1. The van der Waals surface area contributed by atoms with Crippen molar-refractivity contribution in [1.29, 1.82) is 0 Å². The number of carbonyl (C=O) groups is 5. The van der Waals surface area contributed by atoms with Gasteiger partial charge in [0.1, 0.15) is 6.61 Å². The number of carboxylic acid groups (broad SMARTS) is 1. The molecule has 0 radical (unpaired) electrons. The van der Waals surface area contributed by atoms with Crippen LogP contribution in [0.3, 0.4) is 0 Å². The Morgan fingerprint density at radius 2 is 1.87 bits per heavy atom. The monoisotopic (exact) mass is 643 g/mol. The number of amides is 2. The van der Waals surface area contributed by atoms with Gasteiger partial charge in [-0.15, -0.1) is 0 Å². The quantitative estimate of drug-likeness (QED) is 0.146. The van der Waals surface area contributed by atoms with E-state index in [2.05, 4.69) is 16.8 Å². The minimum atomic E-state index is -1.21. The van der Waals surface area contributed by atoms with Gasteiger partial charge in [-0.2, -0.15) is 0 Å². The van der Waals surface area contributed by atoms with Crippen molar-refractivity contribution in [2.75, 3.05) is 51.3 Å². The maximum atomic E-state index is 13.6. The third kappa shape index (κ3) is 11.3. The lowest BCUT2D eigenvalue weighted by atomic mass is 9.87. The first-order chi connectivity index (χ1) is 21.9. The first-order valence-electron chi connectivity index (χ1n) is 16.1. The molecule has 1 aromatic rings. The van der Waals surface area contributed by atoms with Gasteiger partial charge in [-0.1, -0.05) is 18.7 Å². The van der Waals surface area contributed by atoms with Crippen LogP contribution in [0.1, 0.15) is 77.4 Å². The SMILES string of the molecule is C=CC(=O)OCC(C)(C)C(=O)C(=O)N1CCCCC1C(C)O[C@H](CCCN1CCOCC1)c1cccc(NC(=O)CCC(=O)O)c1. The molecular formula is C34H49N3O9. The zero-order chi connectivity index (χ0) is 33.7. The van der Waals surface area contributed by atoms with Crippen molar-refractivity contribution in [3.63, 3.8) is 0 Å². The summed E-state index contributed by atoms with van der Waals surface area (Å²) in [4.78, 5) is 65.7. The van der Waals surface area contributed by atoms with Crippen molar-refractivity contribution in [2.45, 2.75) is 84.0 Å². The lowest BCUT2D eigenvalue weighted by Crippen LogP contribution is -2.54. The number of piperidine rings is 1. The Labute approximate surface area is 271 Å². The number of esters is 1. The fraction of sp³-hybridized carbons (Fsp3) is 0.618. The van der Waals surface area contributed by atoms with E-state index >= 15 is 0 Å². The van der Waals surface area contributed by atoms with E-state index in [4.69, 9.17) is 19.3 Å². The summed E-state index contributed by atoms with van der Waals surface area (Å²) in [6.45, 7) is 12.7. The van der Waals surface area contributed by atoms with E-state index in [9.17, 15) is 24.0 Å². The van der Waals surface area contributed by atoms with Gasteiger partial charge in [0.15, 0.2) is 0 Å². The van der Waals surface area contributed by atoms with E-state index in [1.54, 1.807) is 24.8 Å². The van der Waals surface area contributed by atoms with Gasteiger partial charge >= 0.3 is 11.9 Å². The molecule has 2 unspecified atom stereocenters. The molecule has 2 heterocycles. The van der Waals surface area contributed by atoms with Crippen molar-refractivity contribution in [3.8, 4) is 0 Å². The number of carbonyl (C=O) groups excluding carboxylic acids is 4. The maximum Gasteiger partial charge on any atom is 0.330 e. The number of carboxylic acids is 1. The first kappa shape index (κ1) is 36.9. The number of aliphatic carboxylic acids is 1. The Hall–Kier alpha value is -3.61. The van der Waals surface area contributed by atoms with Crippen molar-refractivity contribution in [2.24, 2.45) is 5.41 Å². The molecule has 0 spiro atoms. The minimum absolute atomic E-state index is 0.131. The second kappa shape index (κ2) is 17.9. The largest absolute Gasteiger partial charge is 0.481 e. The molecule has 3 rings (SSSR count). The summed E-state index contributed by atoms with van der Waals surface area (Å²) in [5, 5.41) is 11.7. The third-order valence-electron chi connectivity index (χ3n) is 8.43. The molecule has 0 aliphatic carbocycles. The Balaban J connectivity index is 1.76. The Morgan fingerprint density at radius 1 is 1.13 bits per heavy atom. The zero-order valence-corrected chi connectivity index (χ0v) is 27.3. The highest BCUT2D eigenvalue weighted by atomic mass is 16.5.